The molecule has 6 aromatic carbocycles. The average molecular weight is 1970 g/mol. The maximum Gasteiger partial charge on any atom is 0.420 e. The molecular formula is C94H90F12N12O16S3-2. The van der Waals surface area contributed by atoms with E-state index in [1.807, 2.05) is 109 Å². The van der Waals surface area contributed by atoms with E-state index in [0.717, 1.165) is 138 Å². The van der Waals surface area contributed by atoms with Gasteiger partial charge in [0.25, 0.3) is 20.2 Å². The maximum atomic E-state index is 14.0. The Morgan fingerprint density at radius 1 is 0.409 bits per heavy atom. The van der Waals surface area contributed by atoms with Gasteiger partial charge in [-0.05, 0) is 168 Å². The molecule has 0 spiro atoms. The number of rotatable bonds is 35. The van der Waals surface area contributed by atoms with Gasteiger partial charge in [-0.3, -0.25) is 54.2 Å². The van der Waals surface area contributed by atoms with Crippen molar-refractivity contribution < 1.29 is 126 Å². The number of aliphatic hydroxyl groups is 1. The molecule has 0 fully saturated rings. The number of aromatic nitrogens is 6. The fraction of sp³-hybridized carbons (Fsp3) is 0.213. The highest BCUT2D eigenvalue weighted by Crippen LogP contribution is 2.42. The SMILES string of the molecule is CC(=O)Oc1ccc(C(OS(=O)(=O)c2ccccc2NCCN(Cc2ccccn2)Cc2ccccn2)C(F)(F)F)cc1.O.O=C1C=CC(=CC(F)(F)F)C=C1.O=S(=O)(OC(c1ccc([O-])cc1)C(F)(F)F)c1ccccc1NCCN(Cc1ccccn1)Cc1ccccn1.O=S(=O)([O-])c1ccccc1NCCN(Cc1ccccn1)Cc1ccccn1.Oc1ccc(C(O)C(F)(F)F)cc1. The minimum absolute atomic E-state index is 0. The molecule has 12 aromatic rings. The second-order valence-electron chi connectivity index (χ2n) is 29.2. The third-order valence-corrected chi connectivity index (χ3v) is 22.3. The maximum absolute atomic E-state index is 14.0. The Morgan fingerprint density at radius 3 is 0.985 bits per heavy atom. The number of halogens is 12. The number of esters is 1. The predicted molar refractivity (Wildman–Crippen MR) is 478 cm³/mol. The molecule has 1 aliphatic carbocycles. The summed E-state index contributed by atoms with van der Waals surface area (Å²) in [6, 6.07) is 63.2. The van der Waals surface area contributed by atoms with Gasteiger partial charge < -0.3 is 46.0 Å². The third-order valence-electron chi connectivity index (χ3n) is 18.8. The molecule has 7 N–H and O–H groups in total. The summed E-state index contributed by atoms with van der Waals surface area (Å²) in [4.78, 5) is 53.0. The van der Waals surface area contributed by atoms with E-state index in [0.29, 0.717) is 71.1 Å². The monoisotopic (exact) mass is 1970 g/mol. The van der Waals surface area contributed by atoms with Crippen LogP contribution in [0.1, 0.15) is 76.1 Å². The number of alkyl halides is 12. The smallest absolute Gasteiger partial charge is 0.420 e. The van der Waals surface area contributed by atoms with E-state index >= 15 is 0 Å². The number of ether oxygens (including phenoxy) is 1. The van der Waals surface area contributed by atoms with Gasteiger partial charge in [0.05, 0.1) is 56.1 Å². The molecule has 726 valence electrons. The first kappa shape index (κ1) is 109. The van der Waals surface area contributed by atoms with Crippen LogP contribution < -0.4 is 25.8 Å². The highest BCUT2D eigenvalue weighted by Gasteiger charge is 2.47. The Balaban J connectivity index is 0.000000225. The molecule has 0 radical (unpaired) electrons. The molecule has 6 aromatic heterocycles. The van der Waals surface area contributed by atoms with E-state index in [1.54, 1.807) is 61.4 Å². The van der Waals surface area contributed by atoms with Crippen LogP contribution in [0.4, 0.5) is 69.7 Å². The summed E-state index contributed by atoms with van der Waals surface area (Å²) >= 11 is 0. The summed E-state index contributed by atoms with van der Waals surface area (Å²) < 4.78 is 256. The predicted octanol–water partition coefficient (Wildman–Crippen LogP) is 16.0. The summed E-state index contributed by atoms with van der Waals surface area (Å²) in [7, 11) is -14.3. The van der Waals surface area contributed by atoms with E-state index in [2.05, 4.69) is 60.6 Å². The zero-order valence-corrected chi connectivity index (χ0v) is 74.8. The Hall–Kier alpha value is -13.7. The van der Waals surface area contributed by atoms with Gasteiger partial charge in [0.1, 0.15) is 31.4 Å². The largest absolute Gasteiger partial charge is 0.872 e. The molecule has 0 aliphatic heterocycles. The van der Waals surface area contributed by atoms with Crippen molar-refractivity contribution in [2.24, 2.45) is 0 Å². The van der Waals surface area contributed by atoms with Crippen molar-refractivity contribution in [3.05, 3.63) is 379 Å². The number of hydrogen-bond donors (Lipinski definition) is 5. The van der Waals surface area contributed by atoms with Crippen molar-refractivity contribution in [3.8, 4) is 17.2 Å². The number of hydrogen-bond acceptors (Lipinski definition) is 27. The molecular weight excluding hydrogens is 1880 g/mol. The highest BCUT2D eigenvalue weighted by molar-refractivity contribution is 7.87. The lowest BCUT2D eigenvalue weighted by Crippen LogP contribution is -2.29. The molecule has 43 heteroatoms. The van der Waals surface area contributed by atoms with Gasteiger partial charge in [0.2, 0.25) is 0 Å². The first-order valence-corrected chi connectivity index (χ1v) is 45.1. The number of benzene rings is 6. The third kappa shape index (κ3) is 37.8. The molecule has 0 saturated heterocycles. The van der Waals surface area contributed by atoms with Crippen LogP contribution in [0, 0.1) is 0 Å². The number of phenolic OH excluding ortho intramolecular Hbond substituents is 1. The number of ketones is 1. The average Bonchev–Trinajstić information content (AvgIpc) is 0.794. The second-order valence-corrected chi connectivity index (χ2v) is 33.7. The topological polar surface area (TPSA) is 405 Å². The summed E-state index contributed by atoms with van der Waals surface area (Å²) in [6.45, 7) is 6.84. The first-order chi connectivity index (χ1) is 64.5. The summed E-state index contributed by atoms with van der Waals surface area (Å²) in [5, 5.41) is 38.0. The molecule has 13 rings (SSSR count). The number of allylic oxidation sites excluding steroid dienone is 6. The van der Waals surface area contributed by atoms with Crippen LogP contribution in [-0.4, -0.2) is 166 Å². The number of phenols is 1. The number of nitrogens with one attached hydrogen (secondary N) is 3. The van der Waals surface area contributed by atoms with Gasteiger partial charge in [-0.25, -0.2) is 16.8 Å². The molecule has 1 aliphatic rings. The fourth-order valence-corrected chi connectivity index (χ4v) is 15.7. The normalized spacial score (nSPS) is 12.9. The number of carbonyl (C=O) groups excluding carboxylic acids is 2. The molecule has 0 bridgehead atoms. The molecule has 6 heterocycles. The van der Waals surface area contributed by atoms with Gasteiger partial charge in [-0.1, -0.05) is 133 Å². The van der Waals surface area contributed by atoms with E-state index < -0.39 is 106 Å². The van der Waals surface area contributed by atoms with Crippen LogP contribution in [0.2, 0.25) is 0 Å². The minimum Gasteiger partial charge on any atom is -0.872 e. The van der Waals surface area contributed by atoms with Gasteiger partial charge >= 0.3 is 30.7 Å². The van der Waals surface area contributed by atoms with Crippen molar-refractivity contribution in [1.29, 1.82) is 0 Å². The molecule has 3 unspecified atom stereocenters. The lowest BCUT2D eigenvalue weighted by molar-refractivity contribution is -0.268. The first-order valence-electron chi connectivity index (χ1n) is 40.8. The van der Waals surface area contributed by atoms with Crippen molar-refractivity contribution in [2.45, 2.75) is 104 Å². The lowest BCUT2D eigenvalue weighted by atomic mass is 10.1. The highest BCUT2D eigenvalue weighted by atomic mass is 32.2. The standard InChI is InChI=1S/C30H29F3N4O5S.C28H27F3N4O4S.C20H22N4O3S.C8H7F3O2.C8H5F3O.H2O/c1-22(38)41-26-14-12-23(13-15-26)29(30(31,32)33)42-43(39,40)28-11-3-2-10-27(28)36-18-19-37(20-24-8-4-6-16-34-24)21-25-9-5-7-17-35-25;29-28(30,31)27(21-11-13-24(36)14-12-21)39-40(37,38)26-10-2-1-9-25(26)34-17-18-35(19-22-7-3-5-15-32-22)20-23-8-4-6-16-33-23;25-28(26,27)20-10-2-1-9-19(20)23-13-14-24(15-17-7-3-5-11-21-17)16-18-8-4-6-12-22-18;9-8(10,11)7(13)5-1-3-6(12)4-2-5;9-8(10,11)5-6-1-3-7(12)4-2-6;/h2-17,29,36H,18-21H2,1H3;1-16,27,34,36H,17-20H2;1-12,23H,13-16H2,(H,25,26,27);1-4,7,12-13H;1-5H;1H2/p-2. The zero-order valence-electron chi connectivity index (χ0n) is 72.3. The van der Waals surface area contributed by atoms with Gasteiger partial charge in [0, 0.05) is 129 Å². The molecule has 28 nitrogen and oxygen atoms in total. The quantitative estimate of drug-likeness (QED) is 0.00809. The minimum atomic E-state index is -5.06. The number of aromatic hydroxyl groups is 1. The molecule has 137 heavy (non-hydrogen) atoms. The Kier molecular flexibility index (Phi) is 41.1. The molecule has 0 amide bonds. The fourth-order valence-electron chi connectivity index (χ4n) is 12.6. The summed E-state index contributed by atoms with van der Waals surface area (Å²) in [5.41, 5.74) is 4.40. The van der Waals surface area contributed by atoms with Gasteiger partial charge in [-0.2, -0.15) is 69.5 Å². The van der Waals surface area contributed by atoms with E-state index in [9.17, 15) is 97.2 Å². The van der Waals surface area contributed by atoms with Gasteiger partial charge in [0.15, 0.2) is 24.1 Å². The van der Waals surface area contributed by atoms with Crippen molar-refractivity contribution in [1.82, 2.24) is 44.6 Å². The Labute approximate surface area is 780 Å². The second kappa shape index (κ2) is 51.8. The van der Waals surface area contributed by atoms with Crippen LogP contribution in [0.5, 0.6) is 17.2 Å². The number of aliphatic hydroxyl groups excluding tert-OH is 1. The Morgan fingerprint density at radius 2 is 0.701 bits per heavy atom. The number of carbonyl (C=O) groups is 2. The van der Waals surface area contributed by atoms with Crippen LogP contribution in [0.3, 0.4) is 0 Å². The summed E-state index contributed by atoms with van der Waals surface area (Å²) in [5.74, 6) is -1.59. The number of anilines is 3. The lowest BCUT2D eigenvalue weighted by Gasteiger charge is -2.23. The number of pyridine rings is 6. The van der Waals surface area contributed by atoms with E-state index in [1.165, 1.54) is 48.5 Å². The van der Waals surface area contributed by atoms with Gasteiger partial charge in [-0.15, -0.1) is 5.75 Å². The summed E-state index contributed by atoms with van der Waals surface area (Å²) in [6.07, 6.45) is -12.3. The number of para-hydroxylation sites is 3. The van der Waals surface area contributed by atoms with Crippen molar-refractivity contribution >= 4 is 59.2 Å². The van der Waals surface area contributed by atoms with Crippen LogP contribution in [0.15, 0.2) is 343 Å². The Bertz CT molecular complexity index is 6070. The van der Waals surface area contributed by atoms with Crippen molar-refractivity contribution in [3.63, 3.8) is 0 Å². The molecule has 3 atom stereocenters. The van der Waals surface area contributed by atoms with Crippen LogP contribution >= 0.6 is 0 Å². The zero-order chi connectivity index (χ0) is 98.5. The molecule has 0 saturated carbocycles. The van der Waals surface area contributed by atoms with Crippen molar-refractivity contribution in [2.75, 3.05) is 55.2 Å². The number of nitrogens with zero attached hydrogens (tertiary/aromatic N) is 9. The van der Waals surface area contributed by atoms with Crippen LogP contribution in [0.25, 0.3) is 0 Å². The van der Waals surface area contributed by atoms with Crippen LogP contribution in [-0.2, 0) is 87.6 Å². The van der Waals surface area contributed by atoms with E-state index in [4.69, 9.17) is 23.3 Å². The van der Waals surface area contributed by atoms with E-state index in [-0.39, 0.29) is 69.3 Å².